The molecule has 4 atom stereocenters. The van der Waals surface area contributed by atoms with Crippen molar-refractivity contribution < 1.29 is 18.3 Å². The van der Waals surface area contributed by atoms with E-state index in [4.69, 9.17) is 9.47 Å². The zero-order chi connectivity index (χ0) is 20.5. The second-order valence-corrected chi connectivity index (χ2v) is 8.47. The van der Waals surface area contributed by atoms with Gasteiger partial charge >= 0.3 is 0 Å². The normalized spacial score (nSPS) is 29.4. The second-order valence-electron chi connectivity index (χ2n) is 8.47. The van der Waals surface area contributed by atoms with Crippen LogP contribution >= 0.6 is 0 Å². The molecular weight excluding hydrogens is 386 g/mol. The average molecular weight is 414 g/mol. The summed E-state index contributed by atoms with van der Waals surface area (Å²) in [5.41, 5.74) is 4.56. The fourth-order valence-electron chi connectivity index (χ4n) is 4.71. The number of benzene rings is 2. The van der Waals surface area contributed by atoms with E-state index >= 15 is 0 Å². The van der Waals surface area contributed by atoms with Crippen molar-refractivity contribution in [1.82, 2.24) is 10.6 Å². The molecule has 2 saturated heterocycles. The van der Waals surface area contributed by atoms with Gasteiger partial charge in [-0.05, 0) is 85.3 Å². The van der Waals surface area contributed by atoms with E-state index in [1.54, 1.807) is 12.1 Å². The van der Waals surface area contributed by atoms with Crippen LogP contribution in [0.1, 0.15) is 47.3 Å². The molecular formula is C24H28F2N2O2. The van der Waals surface area contributed by atoms with Gasteiger partial charge in [0.2, 0.25) is 0 Å². The van der Waals surface area contributed by atoms with E-state index in [9.17, 15) is 8.78 Å². The molecule has 160 valence electrons. The minimum Gasteiger partial charge on any atom is -0.372 e. The highest BCUT2D eigenvalue weighted by Crippen LogP contribution is 2.34. The first kappa shape index (κ1) is 20.1. The summed E-state index contributed by atoms with van der Waals surface area (Å²) in [6, 6.07) is 10.9. The molecule has 6 heteroatoms. The zero-order valence-electron chi connectivity index (χ0n) is 17.0. The monoisotopic (exact) mass is 414 g/mol. The highest BCUT2D eigenvalue weighted by molar-refractivity contribution is 5.34. The van der Waals surface area contributed by atoms with Gasteiger partial charge in [-0.2, -0.15) is 0 Å². The van der Waals surface area contributed by atoms with Crippen molar-refractivity contribution in [3.05, 3.63) is 70.3 Å². The summed E-state index contributed by atoms with van der Waals surface area (Å²) in [6.07, 6.45) is 4.22. The number of rotatable bonds is 2. The first-order valence-electron chi connectivity index (χ1n) is 11.0. The maximum atomic E-state index is 13.1. The van der Waals surface area contributed by atoms with Gasteiger partial charge in [0, 0.05) is 12.1 Å². The van der Waals surface area contributed by atoms with Gasteiger partial charge in [-0.25, -0.2) is 8.78 Å². The summed E-state index contributed by atoms with van der Waals surface area (Å²) in [5.74, 6) is -0.285. The minimum atomic E-state index is -0.143. The predicted octanol–water partition coefficient (Wildman–Crippen LogP) is 3.60. The van der Waals surface area contributed by atoms with Crippen molar-refractivity contribution >= 4 is 0 Å². The van der Waals surface area contributed by atoms with E-state index in [0.29, 0.717) is 25.3 Å². The molecule has 0 saturated carbocycles. The third-order valence-corrected chi connectivity index (χ3v) is 6.62. The van der Waals surface area contributed by atoms with Gasteiger partial charge in [-0.1, -0.05) is 12.1 Å². The number of hydrogen-bond acceptors (Lipinski definition) is 4. The summed E-state index contributed by atoms with van der Waals surface area (Å²) < 4.78 is 37.7. The van der Waals surface area contributed by atoms with Crippen molar-refractivity contribution in [3.8, 4) is 0 Å². The van der Waals surface area contributed by atoms with Gasteiger partial charge in [-0.3, -0.25) is 0 Å². The Morgan fingerprint density at radius 3 is 1.50 bits per heavy atom. The molecule has 2 aromatic rings. The standard InChI is InChI=1S/2C12H14FNO/c2*13-9-1-2-10-8(7-9)4-6-15-12(10)11-3-5-14-11/h2*1-2,7,11-12,14H,3-6H2/t11-,12+;11-,12-/m00/s1. The van der Waals surface area contributed by atoms with E-state index in [1.807, 2.05) is 12.1 Å². The first-order chi connectivity index (χ1) is 14.7. The molecule has 2 N–H and O–H groups in total. The van der Waals surface area contributed by atoms with Crippen LogP contribution in [0.15, 0.2) is 36.4 Å². The molecule has 4 heterocycles. The van der Waals surface area contributed by atoms with E-state index in [2.05, 4.69) is 10.6 Å². The van der Waals surface area contributed by atoms with Crippen LogP contribution in [0.5, 0.6) is 0 Å². The predicted molar refractivity (Wildman–Crippen MR) is 110 cm³/mol. The van der Waals surface area contributed by atoms with E-state index in [1.165, 1.54) is 23.3 Å². The van der Waals surface area contributed by atoms with Crippen LogP contribution in [0.3, 0.4) is 0 Å². The first-order valence-corrected chi connectivity index (χ1v) is 11.0. The fraction of sp³-hybridized carbons (Fsp3) is 0.500. The largest absolute Gasteiger partial charge is 0.372 e. The Kier molecular flexibility index (Phi) is 5.83. The van der Waals surface area contributed by atoms with Crippen LogP contribution < -0.4 is 10.6 Å². The Labute approximate surface area is 176 Å². The molecule has 0 radical (unpaired) electrons. The van der Waals surface area contributed by atoms with Crippen molar-refractivity contribution in [2.24, 2.45) is 0 Å². The summed E-state index contributed by atoms with van der Waals surface area (Å²) >= 11 is 0. The van der Waals surface area contributed by atoms with Crippen LogP contribution in [0.2, 0.25) is 0 Å². The van der Waals surface area contributed by atoms with Crippen LogP contribution in [0, 0.1) is 11.6 Å². The molecule has 0 aliphatic carbocycles. The number of nitrogens with one attached hydrogen (secondary N) is 2. The van der Waals surface area contributed by atoms with Gasteiger partial charge in [0.25, 0.3) is 0 Å². The van der Waals surface area contributed by atoms with E-state index in [0.717, 1.165) is 49.9 Å². The topological polar surface area (TPSA) is 42.5 Å². The Morgan fingerprint density at radius 1 is 0.700 bits per heavy atom. The van der Waals surface area contributed by atoms with Crippen molar-refractivity contribution in [3.63, 3.8) is 0 Å². The minimum absolute atomic E-state index is 0.128. The fourth-order valence-corrected chi connectivity index (χ4v) is 4.71. The Bertz CT molecular complexity index is 825. The lowest BCUT2D eigenvalue weighted by atomic mass is 9.89. The van der Waals surface area contributed by atoms with Crippen LogP contribution in [0.25, 0.3) is 0 Å². The molecule has 0 bridgehead atoms. The van der Waals surface area contributed by atoms with Crippen molar-refractivity contribution in [2.75, 3.05) is 26.3 Å². The van der Waals surface area contributed by atoms with Crippen LogP contribution in [0.4, 0.5) is 8.78 Å². The Hall–Kier alpha value is -1.86. The lowest BCUT2D eigenvalue weighted by molar-refractivity contribution is -0.00164. The molecule has 0 unspecified atom stereocenters. The number of hydrogen-bond donors (Lipinski definition) is 2. The maximum absolute atomic E-state index is 13.1. The molecule has 4 aliphatic rings. The van der Waals surface area contributed by atoms with Crippen molar-refractivity contribution in [2.45, 2.75) is 50.0 Å². The van der Waals surface area contributed by atoms with E-state index in [-0.39, 0.29) is 23.8 Å². The van der Waals surface area contributed by atoms with E-state index < -0.39 is 0 Å². The van der Waals surface area contributed by atoms with Crippen LogP contribution in [-0.2, 0) is 22.3 Å². The number of ether oxygens (including phenoxy) is 2. The molecule has 2 fully saturated rings. The highest BCUT2D eigenvalue weighted by atomic mass is 19.1. The summed E-state index contributed by atoms with van der Waals surface area (Å²) in [6.45, 7) is 3.56. The number of fused-ring (bicyclic) bond motifs is 2. The summed E-state index contributed by atoms with van der Waals surface area (Å²) in [4.78, 5) is 0. The average Bonchev–Trinajstić information content (AvgIpc) is 2.66. The Morgan fingerprint density at radius 2 is 1.13 bits per heavy atom. The molecule has 0 spiro atoms. The molecule has 6 rings (SSSR count). The molecule has 0 amide bonds. The van der Waals surface area contributed by atoms with Crippen LogP contribution in [-0.4, -0.2) is 38.4 Å². The lowest BCUT2D eigenvalue weighted by Crippen LogP contribution is -2.48. The smallest absolute Gasteiger partial charge is 0.123 e. The maximum Gasteiger partial charge on any atom is 0.123 e. The molecule has 30 heavy (non-hydrogen) atoms. The highest BCUT2D eigenvalue weighted by Gasteiger charge is 2.33. The van der Waals surface area contributed by atoms with Gasteiger partial charge in [0.05, 0.1) is 25.4 Å². The quantitative estimate of drug-likeness (QED) is 0.788. The number of halogens is 2. The summed E-state index contributed by atoms with van der Waals surface area (Å²) in [7, 11) is 0. The zero-order valence-corrected chi connectivity index (χ0v) is 17.0. The van der Waals surface area contributed by atoms with Gasteiger partial charge < -0.3 is 20.1 Å². The van der Waals surface area contributed by atoms with Gasteiger partial charge in [0.1, 0.15) is 11.6 Å². The van der Waals surface area contributed by atoms with Gasteiger partial charge in [-0.15, -0.1) is 0 Å². The van der Waals surface area contributed by atoms with Crippen molar-refractivity contribution in [1.29, 1.82) is 0 Å². The third kappa shape index (κ3) is 4.02. The van der Waals surface area contributed by atoms with Gasteiger partial charge in [0.15, 0.2) is 0 Å². The molecule has 2 aromatic carbocycles. The Balaban J connectivity index is 0.000000128. The lowest BCUT2D eigenvalue weighted by Gasteiger charge is -2.38. The SMILES string of the molecule is Fc1ccc2c(c1)CCO[C@@H]2[C@@H]1CCN1.Fc1ccc2c(c1)CCO[C@H]2[C@@H]1CCN1. The molecule has 4 aliphatic heterocycles. The molecule has 0 aromatic heterocycles. The molecule has 4 nitrogen and oxygen atoms in total. The second kappa shape index (κ2) is 8.71. The summed E-state index contributed by atoms with van der Waals surface area (Å²) in [5, 5.41) is 6.70. The third-order valence-electron chi connectivity index (χ3n) is 6.62.